The zero-order valence-electron chi connectivity index (χ0n) is 17.7. The lowest BCUT2D eigenvalue weighted by Gasteiger charge is -2.39. The summed E-state index contributed by atoms with van der Waals surface area (Å²) >= 11 is 0. The Balaban J connectivity index is 1.57. The van der Waals surface area contributed by atoms with Crippen LogP contribution in [0, 0.1) is 31.6 Å². The quantitative estimate of drug-likeness (QED) is 0.574. The molecule has 0 spiro atoms. The Bertz CT molecular complexity index is 782. The predicted molar refractivity (Wildman–Crippen MR) is 106 cm³/mol. The van der Waals surface area contributed by atoms with E-state index < -0.39 is 11.9 Å². The van der Waals surface area contributed by atoms with E-state index in [4.69, 9.17) is 4.74 Å². The fourth-order valence-corrected chi connectivity index (χ4v) is 4.67. The lowest BCUT2D eigenvalue weighted by Crippen LogP contribution is -2.45. The van der Waals surface area contributed by atoms with Gasteiger partial charge in [-0.25, -0.2) is 0 Å². The van der Waals surface area contributed by atoms with Crippen LogP contribution < -0.4 is 0 Å². The van der Waals surface area contributed by atoms with E-state index in [1.165, 1.54) is 6.42 Å². The number of rotatable bonds is 5. The molecule has 3 rings (SSSR count). The van der Waals surface area contributed by atoms with Crippen LogP contribution in [-0.4, -0.2) is 46.3 Å². The second kappa shape index (κ2) is 8.10. The molecular formula is C22H32N2O4. The molecule has 28 heavy (non-hydrogen) atoms. The lowest BCUT2D eigenvalue weighted by atomic mass is 9.77. The molecule has 0 unspecified atom stereocenters. The topological polar surface area (TPSA) is 68.6 Å². The average Bonchev–Trinajstić information content (AvgIpc) is 3.17. The van der Waals surface area contributed by atoms with Crippen LogP contribution in [0.4, 0.5) is 0 Å². The molecule has 0 radical (unpaired) electrons. The fraction of sp³-hybridized carbons (Fsp3) is 0.682. The van der Waals surface area contributed by atoms with E-state index in [-0.39, 0.29) is 30.8 Å². The standard InChI is InChI=1S/C22H32N2O4/c1-13-7-6-8-19(15(13)3)24-11-17(10-21(24)26)22(27)28-12-20(25)18-9-14(2)23(5)16(18)4/h9,13,15,17,19H,6-8,10-12H2,1-5H3/t13-,15-,17-,19+/m0/s1. The molecule has 154 valence electrons. The number of aromatic nitrogens is 1. The summed E-state index contributed by atoms with van der Waals surface area (Å²) in [6.07, 6.45) is 3.52. The number of amides is 1. The van der Waals surface area contributed by atoms with E-state index >= 15 is 0 Å². The van der Waals surface area contributed by atoms with Gasteiger partial charge in [-0.1, -0.05) is 26.7 Å². The van der Waals surface area contributed by atoms with Crippen LogP contribution in [-0.2, 0) is 21.4 Å². The van der Waals surface area contributed by atoms with E-state index in [2.05, 4.69) is 13.8 Å². The van der Waals surface area contributed by atoms with Gasteiger partial charge in [0, 0.05) is 43.0 Å². The molecule has 0 aromatic carbocycles. The number of aryl methyl sites for hydroxylation is 1. The maximum absolute atomic E-state index is 12.5. The third-order valence-electron chi connectivity index (χ3n) is 6.98. The first kappa shape index (κ1) is 20.6. The highest BCUT2D eigenvalue weighted by Crippen LogP contribution is 2.35. The Morgan fingerprint density at radius 1 is 1.21 bits per heavy atom. The molecule has 0 bridgehead atoms. The highest BCUT2D eigenvalue weighted by atomic mass is 16.5. The largest absolute Gasteiger partial charge is 0.457 e. The molecule has 4 atom stereocenters. The van der Waals surface area contributed by atoms with Gasteiger partial charge in [0.25, 0.3) is 0 Å². The number of carbonyl (C=O) groups excluding carboxylic acids is 3. The van der Waals surface area contributed by atoms with Gasteiger partial charge in [0.1, 0.15) is 0 Å². The van der Waals surface area contributed by atoms with Crippen molar-refractivity contribution in [3.05, 3.63) is 23.0 Å². The van der Waals surface area contributed by atoms with Gasteiger partial charge in [0.15, 0.2) is 6.61 Å². The highest BCUT2D eigenvalue weighted by Gasteiger charge is 2.42. The van der Waals surface area contributed by atoms with E-state index in [0.717, 1.165) is 24.2 Å². The molecule has 1 amide bonds. The van der Waals surface area contributed by atoms with E-state index in [1.807, 2.05) is 36.4 Å². The minimum Gasteiger partial charge on any atom is -0.457 e. The summed E-state index contributed by atoms with van der Waals surface area (Å²) in [5.74, 6) is -0.0420. The first-order chi connectivity index (χ1) is 13.2. The van der Waals surface area contributed by atoms with Crippen LogP contribution in [0.5, 0.6) is 0 Å². The average molecular weight is 389 g/mol. The normalized spacial score (nSPS) is 27.9. The second-order valence-corrected chi connectivity index (χ2v) is 8.66. The maximum atomic E-state index is 12.5. The molecule has 6 heteroatoms. The first-order valence-corrected chi connectivity index (χ1v) is 10.3. The number of Topliss-reactive ketones (excluding diaryl/α,β-unsaturated/α-hetero) is 1. The molecule has 2 fully saturated rings. The van der Waals surface area contributed by atoms with Crippen LogP contribution in [0.25, 0.3) is 0 Å². The van der Waals surface area contributed by atoms with Gasteiger partial charge in [-0.2, -0.15) is 0 Å². The summed E-state index contributed by atoms with van der Waals surface area (Å²) < 4.78 is 7.24. The zero-order valence-corrected chi connectivity index (χ0v) is 17.7. The molecule has 6 nitrogen and oxygen atoms in total. The Morgan fingerprint density at radius 2 is 1.93 bits per heavy atom. The fourth-order valence-electron chi connectivity index (χ4n) is 4.67. The lowest BCUT2D eigenvalue weighted by molar-refractivity contribution is -0.147. The summed E-state index contributed by atoms with van der Waals surface area (Å²) in [6, 6.07) is 2.03. The smallest absolute Gasteiger partial charge is 0.311 e. The van der Waals surface area contributed by atoms with Crippen molar-refractivity contribution < 1.29 is 19.1 Å². The summed E-state index contributed by atoms with van der Waals surface area (Å²) in [5, 5.41) is 0. The summed E-state index contributed by atoms with van der Waals surface area (Å²) in [5.41, 5.74) is 2.43. The van der Waals surface area contributed by atoms with Crippen molar-refractivity contribution in [1.82, 2.24) is 9.47 Å². The van der Waals surface area contributed by atoms with Crippen molar-refractivity contribution in [2.45, 2.75) is 59.4 Å². The molecule has 1 aliphatic heterocycles. The van der Waals surface area contributed by atoms with Gasteiger partial charge in [0.05, 0.1) is 5.92 Å². The van der Waals surface area contributed by atoms with Gasteiger partial charge >= 0.3 is 5.97 Å². The van der Waals surface area contributed by atoms with Crippen molar-refractivity contribution in [2.24, 2.45) is 24.8 Å². The molecule has 1 aromatic heterocycles. The van der Waals surface area contributed by atoms with Gasteiger partial charge in [0.2, 0.25) is 11.7 Å². The Hall–Kier alpha value is -2.11. The minimum absolute atomic E-state index is 0.0359. The summed E-state index contributed by atoms with van der Waals surface area (Å²) in [6.45, 7) is 8.39. The third-order valence-corrected chi connectivity index (χ3v) is 6.98. The molecule has 1 saturated heterocycles. The van der Waals surface area contributed by atoms with Gasteiger partial charge < -0.3 is 14.2 Å². The molecular weight excluding hydrogens is 356 g/mol. The maximum Gasteiger partial charge on any atom is 0.311 e. The molecule has 0 N–H and O–H groups in total. The number of nitrogens with zero attached hydrogens (tertiary/aromatic N) is 2. The monoisotopic (exact) mass is 388 g/mol. The molecule has 2 heterocycles. The van der Waals surface area contributed by atoms with E-state index in [0.29, 0.717) is 23.9 Å². The third kappa shape index (κ3) is 3.87. The number of carbonyl (C=O) groups is 3. The Morgan fingerprint density at radius 3 is 2.57 bits per heavy atom. The van der Waals surface area contributed by atoms with Crippen LogP contribution >= 0.6 is 0 Å². The van der Waals surface area contributed by atoms with Crippen LogP contribution in [0.15, 0.2) is 6.07 Å². The van der Waals surface area contributed by atoms with Crippen molar-refractivity contribution in [3.63, 3.8) is 0 Å². The summed E-state index contributed by atoms with van der Waals surface area (Å²) in [4.78, 5) is 39.4. The molecule has 1 aromatic rings. The van der Waals surface area contributed by atoms with E-state index in [9.17, 15) is 14.4 Å². The van der Waals surface area contributed by atoms with Gasteiger partial charge in [-0.15, -0.1) is 0 Å². The highest BCUT2D eigenvalue weighted by molar-refractivity contribution is 5.99. The number of ether oxygens (including phenoxy) is 1. The van der Waals surface area contributed by atoms with Gasteiger partial charge in [-0.3, -0.25) is 14.4 Å². The van der Waals surface area contributed by atoms with E-state index in [1.54, 1.807) is 0 Å². The molecule has 1 aliphatic carbocycles. The minimum atomic E-state index is -0.469. The Kier molecular flexibility index (Phi) is 5.96. The molecule has 1 saturated carbocycles. The van der Waals surface area contributed by atoms with Crippen LogP contribution in [0.2, 0.25) is 0 Å². The van der Waals surface area contributed by atoms with Crippen molar-refractivity contribution in [2.75, 3.05) is 13.2 Å². The summed E-state index contributed by atoms with van der Waals surface area (Å²) in [7, 11) is 1.90. The number of ketones is 1. The van der Waals surface area contributed by atoms with Crippen LogP contribution in [0.3, 0.4) is 0 Å². The molecule has 2 aliphatic rings. The van der Waals surface area contributed by atoms with Gasteiger partial charge in [-0.05, 0) is 38.2 Å². The Labute approximate surface area is 167 Å². The van der Waals surface area contributed by atoms with Crippen LogP contribution in [0.1, 0.15) is 61.3 Å². The zero-order chi connectivity index (χ0) is 20.6. The first-order valence-electron chi connectivity index (χ1n) is 10.3. The van der Waals surface area contributed by atoms with Crippen molar-refractivity contribution in [1.29, 1.82) is 0 Å². The number of esters is 1. The second-order valence-electron chi connectivity index (χ2n) is 8.66. The van der Waals surface area contributed by atoms with Crippen molar-refractivity contribution in [3.8, 4) is 0 Å². The SMILES string of the molecule is Cc1cc(C(=O)COC(=O)[C@H]2CC(=O)N([C@@H]3CCC[C@H](C)[C@@H]3C)C2)c(C)n1C. The number of hydrogen-bond donors (Lipinski definition) is 0. The number of hydrogen-bond acceptors (Lipinski definition) is 4. The number of likely N-dealkylation sites (tertiary alicyclic amines) is 1. The predicted octanol–water partition coefficient (Wildman–Crippen LogP) is 3.04. The van der Waals surface area contributed by atoms with Crippen molar-refractivity contribution >= 4 is 17.7 Å².